The van der Waals surface area contributed by atoms with Crippen molar-refractivity contribution in [2.75, 3.05) is 19.6 Å². The van der Waals surface area contributed by atoms with Crippen LogP contribution in [0.1, 0.15) is 32.3 Å². The maximum atomic E-state index is 12.4. The third kappa shape index (κ3) is 4.47. The Bertz CT molecular complexity index is 539. The van der Waals surface area contributed by atoms with E-state index in [-0.39, 0.29) is 18.4 Å². The largest absolute Gasteiger partial charge is 0.341 e. The van der Waals surface area contributed by atoms with Gasteiger partial charge < -0.3 is 9.80 Å². The van der Waals surface area contributed by atoms with Gasteiger partial charge in [0.2, 0.25) is 11.8 Å². The summed E-state index contributed by atoms with van der Waals surface area (Å²) in [5, 5.41) is 0.619. The number of piperidine rings is 1. The van der Waals surface area contributed by atoms with Gasteiger partial charge in [-0.1, -0.05) is 36.7 Å². The molecule has 1 aliphatic heterocycles. The van der Waals surface area contributed by atoms with Crippen LogP contribution in [0.15, 0.2) is 24.3 Å². The maximum Gasteiger partial charge on any atom is 0.242 e. The lowest BCUT2D eigenvalue weighted by Crippen LogP contribution is -2.44. The minimum atomic E-state index is -0.112. The standard InChI is InChI=1S/C17H23ClN2O2/c1-13-7-9-19(10-8-13)17(22)12-20(14(2)21)11-15-5-3-4-6-16(15)18/h3-6,13H,7-12H2,1-2H3. The molecule has 0 aromatic heterocycles. The van der Waals surface area contributed by atoms with E-state index in [1.54, 1.807) is 11.0 Å². The molecule has 4 nitrogen and oxygen atoms in total. The molecule has 1 saturated heterocycles. The zero-order valence-electron chi connectivity index (χ0n) is 13.2. The van der Waals surface area contributed by atoms with Gasteiger partial charge in [-0.2, -0.15) is 0 Å². The Morgan fingerprint density at radius 1 is 1.27 bits per heavy atom. The van der Waals surface area contributed by atoms with Gasteiger partial charge >= 0.3 is 0 Å². The highest BCUT2D eigenvalue weighted by Crippen LogP contribution is 2.19. The third-order valence-corrected chi connectivity index (χ3v) is 4.60. The summed E-state index contributed by atoms with van der Waals surface area (Å²) in [6.07, 6.45) is 2.08. The fourth-order valence-corrected chi connectivity index (χ4v) is 2.83. The van der Waals surface area contributed by atoms with Crippen LogP contribution < -0.4 is 0 Å². The molecule has 0 spiro atoms. The molecule has 120 valence electrons. The number of amides is 2. The van der Waals surface area contributed by atoms with Gasteiger partial charge in [0.1, 0.15) is 6.54 Å². The Balaban J connectivity index is 1.98. The number of hydrogen-bond acceptors (Lipinski definition) is 2. The molecule has 0 atom stereocenters. The lowest BCUT2D eigenvalue weighted by Gasteiger charge is -2.32. The molecule has 0 bridgehead atoms. The summed E-state index contributed by atoms with van der Waals surface area (Å²) in [7, 11) is 0. The van der Waals surface area contributed by atoms with E-state index in [1.807, 2.05) is 23.1 Å². The quantitative estimate of drug-likeness (QED) is 0.855. The first-order chi connectivity index (χ1) is 10.5. The Kier molecular flexibility index (Phi) is 5.83. The maximum absolute atomic E-state index is 12.4. The van der Waals surface area contributed by atoms with Crippen molar-refractivity contribution in [1.82, 2.24) is 9.80 Å². The van der Waals surface area contributed by atoms with Crippen molar-refractivity contribution in [3.8, 4) is 0 Å². The zero-order valence-corrected chi connectivity index (χ0v) is 14.0. The highest BCUT2D eigenvalue weighted by atomic mass is 35.5. The second-order valence-electron chi connectivity index (χ2n) is 6.03. The minimum Gasteiger partial charge on any atom is -0.341 e. The molecular formula is C17H23ClN2O2. The summed E-state index contributed by atoms with van der Waals surface area (Å²) < 4.78 is 0. The average Bonchev–Trinajstić information content (AvgIpc) is 2.49. The molecule has 22 heavy (non-hydrogen) atoms. The van der Waals surface area contributed by atoms with Crippen LogP contribution in [0.2, 0.25) is 5.02 Å². The summed E-state index contributed by atoms with van der Waals surface area (Å²) in [5.74, 6) is 0.587. The number of carbonyl (C=O) groups is 2. The van der Waals surface area contributed by atoms with Crippen LogP contribution >= 0.6 is 11.6 Å². The fourth-order valence-electron chi connectivity index (χ4n) is 2.63. The lowest BCUT2D eigenvalue weighted by atomic mass is 9.99. The summed E-state index contributed by atoms with van der Waals surface area (Å²) in [5.41, 5.74) is 0.861. The van der Waals surface area contributed by atoms with Crippen LogP contribution in [0.25, 0.3) is 0 Å². The lowest BCUT2D eigenvalue weighted by molar-refractivity contribution is -0.140. The SMILES string of the molecule is CC(=O)N(CC(=O)N1CCC(C)CC1)Cc1ccccc1Cl. The van der Waals surface area contributed by atoms with E-state index < -0.39 is 0 Å². The van der Waals surface area contributed by atoms with E-state index in [1.165, 1.54) is 6.92 Å². The molecule has 1 aliphatic rings. The number of carbonyl (C=O) groups excluding carboxylic acids is 2. The van der Waals surface area contributed by atoms with Gasteiger partial charge in [-0.3, -0.25) is 9.59 Å². The zero-order chi connectivity index (χ0) is 16.1. The van der Waals surface area contributed by atoms with Gasteiger partial charge in [0.15, 0.2) is 0 Å². The van der Waals surface area contributed by atoms with Crippen LogP contribution in [-0.2, 0) is 16.1 Å². The van der Waals surface area contributed by atoms with E-state index in [9.17, 15) is 9.59 Å². The second-order valence-corrected chi connectivity index (χ2v) is 6.44. The van der Waals surface area contributed by atoms with Crippen molar-refractivity contribution in [3.05, 3.63) is 34.9 Å². The van der Waals surface area contributed by atoms with Crippen LogP contribution in [0, 0.1) is 5.92 Å². The Morgan fingerprint density at radius 3 is 2.50 bits per heavy atom. The van der Waals surface area contributed by atoms with E-state index in [0.717, 1.165) is 31.5 Å². The minimum absolute atomic E-state index is 0.0224. The monoisotopic (exact) mass is 322 g/mol. The molecule has 1 aromatic rings. The van der Waals surface area contributed by atoms with Crippen LogP contribution in [-0.4, -0.2) is 41.2 Å². The molecule has 1 aromatic carbocycles. The van der Waals surface area contributed by atoms with Crippen LogP contribution in [0.4, 0.5) is 0 Å². The number of rotatable bonds is 4. The van der Waals surface area contributed by atoms with Gasteiger partial charge in [-0.25, -0.2) is 0 Å². The molecule has 2 rings (SSSR count). The van der Waals surface area contributed by atoms with Crippen molar-refractivity contribution in [3.63, 3.8) is 0 Å². The van der Waals surface area contributed by atoms with Gasteiger partial charge in [-0.15, -0.1) is 0 Å². The van der Waals surface area contributed by atoms with Gasteiger partial charge in [0, 0.05) is 31.6 Å². The number of likely N-dealkylation sites (tertiary alicyclic amines) is 1. The number of nitrogens with zero attached hydrogens (tertiary/aromatic N) is 2. The third-order valence-electron chi connectivity index (χ3n) is 4.23. The van der Waals surface area contributed by atoms with E-state index in [2.05, 4.69) is 6.92 Å². The molecule has 0 unspecified atom stereocenters. The normalized spacial score (nSPS) is 15.7. The molecule has 1 heterocycles. The summed E-state index contributed by atoms with van der Waals surface area (Å²) in [6.45, 7) is 5.76. The van der Waals surface area contributed by atoms with Crippen molar-refractivity contribution in [2.45, 2.75) is 33.2 Å². The molecule has 0 N–H and O–H groups in total. The molecule has 0 radical (unpaired) electrons. The Hall–Kier alpha value is -1.55. The predicted octanol–water partition coefficient (Wildman–Crippen LogP) is 2.95. The van der Waals surface area contributed by atoms with Gasteiger partial charge in [-0.05, 0) is 30.4 Å². The van der Waals surface area contributed by atoms with Crippen molar-refractivity contribution in [1.29, 1.82) is 0 Å². The number of halogens is 1. The smallest absolute Gasteiger partial charge is 0.242 e. The average molecular weight is 323 g/mol. The van der Waals surface area contributed by atoms with E-state index in [0.29, 0.717) is 17.5 Å². The molecule has 0 saturated carbocycles. The Morgan fingerprint density at radius 2 is 1.91 bits per heavy atom. The van der Waals surface area contributed by atoms with Crippen molar-refractivity contribution >= 4 is 23.4 Å². The number of hydrogen-bond donors (Lipinski definition) is 0. The highest BCUT2D eigenvalue weighted by molar-refractivity contribution is 6.31. The summed E-state index contributed by atoms with van der Waals surface area (Å²) >= 11 is 6.14. The first kappa shape index (κ1) is 16.8. The van der Waals surface area contributed by atoms with Crippen LogP contribution in [0.3, 0.4) is 0 Å². The summed E-state index contributed by atoms with van der Waals surface area (Å²) in [4.78, 5) is 27.7. The number of benzene rings is 1. The first-order valence-corrected chi connectivity index (χ1v) is 8.12. The van der Waals surface area contributed by atoms with Crippen LogP contribution in [0.5, 0.6) is 0 Å². The molecule has 1 fully saturated rings. The molecule has 5 heteroatoms. The second kappa shape index (κ2) is 7.63. The van der Waals surface area contributed by atoms with Crippen molar-refractivity contribution in [2.24, 2.45) is 5.92 Å². The Labute approximate surface area is 137 Å². The van der Waals surface area contributed by atoms with E-state index >= 15 is 0 Å². The first-order valence-electron chi connectivity index (χ1n) is 7.74. The van der Waals surface area contributed by atoms with Gasteiger partial charge in [0.25, 0.3) is 0 Å². The summed E-state index contributed by atoms with van der Waals surface area (Å²) in [6, 6.07) is 7.41. The predicted molar refractivity (Wildman–Crippen MR) is 87.5 cm³/mol. The van der Waals surface area contributed by atoms with Gasteiger partial charge in [0.05, 0.1) is 0 Å². The fraction of sp³-hybridized carbons (Fsp3) is 0.529. The highest BCUT2D eigenvalue weighted by Gasteiger charge is 2.23. The molecule has 0 aliphatic carbocycles. The molecular weight excluding hydrogens is 300 g/mol. The van der Waals surface area contributed by atoms with E-state index in [4.69, 9.17) is 11.6 Å². The topological polar surface area (TPSA) is 40.6 Å². The molecule has 2 amide bonds. The van der Waals surface area contributed by atoms with Crippen molar-refractivity contribution < 1.29 is 9.59 Å².